The zero-order valence-electron chi connectivity index (χ0n) is 17.7. The van der Waals surface area contributed by atoms with E-state index in [-0.39, 0.29) is 6.10 Å². The van der Waals surface area contributed by atoms with E-state index in [4.69, 9.17) is 9.47 Å². The molecule has 3 aromatic rings. The molecule has 7 nitrogen and oxygen atoms in total. The minimum Gasteiger partial charge on any atom is -0.490 e. The van der Waals surface area contributed by atoms with Crippen LogP contribution in [0.1, 0.15) is 25.3 Å². The van der Waals surface area contributed by atoms with Crippen LogP contribution in [0.4, 0.5) is 11.8 Å². The van der Waals surface area contributed by atoms with E-state index >= 15 is 0 Å². The Morgan fingerprint density at radius 3 is 2.73 bits per heavy atom. The molecule has 30 heavy (non-hydrogen) atoms. The van der Waals surface area contributed by atoms with Crippen molar-refractivity contribution in [3.8, 4) is 5.75 Å². The number of nitrogens with zero attached hydrogens (tertiary/aromatic N) is 5. The summed E-state index contributed by atoms with van der Waals surface area (Å²) in [7, 11) is 3.93. The average Bonchev–Trinajstić information content (AvgIpc) is 3.44. The van der Waals surface area contributed by atoms with E-state index in [0.717, 1.165) is 63.1 Å². The number of ether oxygens (including phenoxy) is 2. The van der Waals surface area contributed by atoms with Gasteiger partial charge in [0.25, 0.3) is 0 Å². The van der Waals surface area contributed by atoms with Crippen LogP contribution in [-0.4, -0.2) is 61.0 Å². The molecule has 2 fully saturated rings. The Hall–Kier alpha value is -2.80. The fraction of sp³-hybridized carbons (Fsp3) is 0.478. The molecule has 2 aliphatic rings. The van der Waals surface area contributed by atoms with Crippen LogP contribution in [-0.2, 0) is 4.74 Å². The monoisotopic (exact) mass is 407 g/mol. The molecule has 5 rings (SSSR count). The Bertz CT molecular complexity index is 1000. The minimum atomic E-state index is 0.222. The van der Waals surface area contributed by atoms with E-state index in [1.165, 1.54) is 10.9 Å². The lowest BCUT2D eigenvalue weighted by Crippen LogP contribution is -2.38. The summed E-state index contributed by atoms with van der Waals surface area (Å²) in [4.78, 5) is 13.3. The highest BCUT2D eigenvalue weighted by Crippen LogP contribution is 2.33. The van der Waals surface area contributed by atoms with E-state index in [1.54, 1.807) is 0 Å². The van der Waals surface area contributed by atoms with Gasteiger partial charge < -0.3 is 23.8 Å². The Morgan fingerprint density at radius 2 is 1.97 bits per heavy atom. The summed E-state index contributed by atoms with van der Waals surface area (Å²) in [6.45, 7) is 3.52. The van der Waals surface area contributed by atoms with Crippen LogP contribution in [0.15, 0.2) is 42.7 Å². The van der Waals surface area contributed by atoms with Crippen molar-refractivity contribution in [2.24, 2.45) is 0 Å². The standard InChI is InChI=1S/C23H29N5O2/c1-26(2)23-24-11-6-22(25-23)27-12-7-18(8-13-27)30-21-5-3-4-20-19(21)9-14-28(20)17-10-15-29-16-17/h3-6,9,11,14,17-18H,7-8,10,12-13,15-16H2,1-2H3. The molecule has 0 amide bonds. The number of piperidine rings is 1. The smallest absolute Gasteiger partial charge is 0.226 e. The van der Waals surface area contributed by atoms with Crippen molar-refractivity contribution in [1.82, 2.24) is 14.5 Å². The van der Waals surface area contributed by atoms with E-state index in [0.29, 0.717) is 6.04 Å². The molecule has 1 unspecified atom stereocenters. The zero-order valence-corrected chi connectivity index (χ0v) is 17.7. The van der Waals surface area contributed by atoms with Gasteiger partial charge in [0.2, 0.25) is 5.95 Å². The molecule has 2 saturated heterocycles. The summed E-state index contributed by atoms with van der Waals surface area (Å²) in [5.41, 5.74) is 1.23. The van der Waals surface area contributed by atoms with Crippen molar-refractivity contribution >= 4 is 22.7 Å². The second-order valence-electron chi connectivity index (χ2n) is 8.34. The maximum Gasteiger partial charge on any atom is 0.226 e. The van der Waals surface area contributed by atoms with Crippen LogP contribution in [0.2, 0.25) is 0 Å². The van der Waals surface area contributed by atoms with Crippen molar-refractivity contribution < 1.29 is 9.47 Å². The predicted molar refractivity (Wildman–Crippen MR) is 119 cm³/mol. The van der Waals surface area contributed by atoms with Gasteiger partial charge in [-0.3, -0.25) is 0 Å². The third-order valence-electron chi connectivity index (χ3n) is 6.11. The van der Waals surface area contributed by atoms with E-state index in [2.05, 4.69) is 49.9 Å². The molecular weight excluding hydrogens is 378 g/mol. The second-order valence-corrected chi connectivity index (χ2v) is 8.34. The summed E-state index contributed by atoms with van der Waals surface area (Å²) in [5, 5.41) is 1.19. The molecule has 2 aromatic heterocycles. The van der Waals surface area contributed by atoms with Crippen LogP contribution >= 0.6 is 0 Å². The van der Waals surface area contributed by atoms with E-state index < -0.39 is 0 Å². The molecular formula is C23H29N5O2. The van der Waals surface area contributed by atoms with Gasteiger partial charge in [-0.15, -0.1) is 0 Å². The maximum absolute atomic E-state index is 6.48. The van der Waals surface area contributed by atoms with Gasteiger partial charge in [0.05, 0.1) is 18.2 Å². The van der Waals surface area contributed by atoms with Crippen LogP contribution in [0.25, 0.3) is 10.9 Å². The summed E-state index contributed by atoms with van der Waals surface area (Å²) in [6.07, 6.45) is 7.27. The molecule has 158 valence electrons. The van der Waals surface area contributed by atoms with Gasteiger partial charge >= 0.3 is 0 Å². The van der Waals surface area contributed by atoms with Gasteiger partial charge in [-0.25, -0.2) is 4.98 Å². The highest BCUT2D eigenvalue weighted by molar-refractivity contribution is 5.86. The molecule has 0 N–H and O–H groups in total. The first kappa shape index (κ1) is 19.2. The van der Waals surface area contributed by atoms with Crippen LogP contribution in [0, 0.1) is 0 Å². The van der Waals surface area contributed by atoms with Crippen molar-refractivity contribution in [1.29, 1.82) is 0 Å². The molecule has 0 radical (unpaired) electrons. The fourth-order valence-corrected chi connectivity index (χ4v) is 4.44. The lowest BCUT2D eigenvalue weighted by Gasteiger charge is -2.33. The quantitative estimate of drug-likeness (QED) is 0.645. The minimum absolute atomic E-state index is 0.222. The number of rotatable bonds is 5. The Balaban J connectivity index is 1.27. The molecule has 0 saturated carbocycles. The summed E-state index contributed by atoms with van der Waals surface area (Å²) in [6, 6.07) is 11.0. The topological polar surface area (TPSA) is 55.7 Å². The summed E-state index contributed by atoms with van der Waals surface area (Å²) < 4.78 is 14.4. The van der Waals surface area contributed by atoms with Crippen molar-refractivity contribution in [2.75, 3.05) is 50.2 Å². The molecule has 0 spiro atoms. The number of anilines is 2. The van der Waals surface area contributed by atoms with Crippen LogP contribution in [0.5, 0.6) is 5.75 Å². The summed E-state index contributed by atoms with van der Waals surface area (Å²) >= 11 is 0. The van der Waals surface area contributed by atoms with Gasteiger partial charge in [-0.2, -0.15) is 4.98 Å². The lowest BCUT2D eigenvalue weighted by molar-refractivity contribution is 0.173. The predicted octanol–water partition coefficient (Wildman–Crippen LogP) is 3.51. The fourth-order valence-electron chi connectivity index (χ4n) is 4.44. The first-order valence-electron chi connectivity index (χ1n) is 10.8. The average molecular weight is 408 g/mol. The van der Waals surface area contributed by atoms with Crippen molar-refractivity contribution in [3.05, 3.63) is 42.7 Å². The number of aromatic nitrogens is 3. The third kappa shape index (κ3) is 3.69. The molecule has 0 bridgehead atoms. The van der Waals surface area contributed by atoms with Gasteiger partial charge in [0.1, 0.15) is 17.7 Å². The number of hydrogen-bond donors (Lipinski definition) is 0. The van der Waals surface area contributed by atoms with Gasteiger partial charge in [0, 0.05) is 64.4 Å². The first-order valence-corrected chi connectivity index (χ1v) is 10.8. The Labute approximate surface area is 177 Å². The SMILES string of the molecule is CN(C)c1nccc(N2CCC(Oc3cccc4c3ccn4C3CCOC3)CC2)n1. The van der Waals surface area contributed by atoms with E-state index in [1.807, 2.05) is 31.3 Å². The molecule has 4 heterocycles. The lowest BCUT2D eigenvalue weighted by atomic mass is 10.1. The normalized spacial score (nSPS) is 20.1. The third-order valence-corrected chi connectivity index (χ3v) is 6.11. The molecule has 0 aliphatic carbocycles. The molecule has 1 aromatic carbocycles. The van der Waals surface area contributed by atoms with Crippen molar-refractivity contribution in [3.63, 3.8) is 0 Å². The highest BCUT2D eigenvalue weighted by Gasteiger charge is 2.24. The number of benzene rings is 1. The Kier molecular flexibility index (Phi) is 5.21. The zero-order chi connectivity index (χ0) is 20.5. The van der Waals surface area contributed by atoms with Gasteiger partial charge in [-0.1, -0.05) is 6.07 Å². The highest BCUT2D eigenvalue weighted by atomic mass is 16.5. The molecule has 2 aliphatic heterocycles. The number of hydrogen-bond acceptors (Lipinski definition) is 6. The van der Waals surface area contributed by atoms with Gasteiger partial charge in [-0.05, 0) is 30.7 Å². The largest absolute Gasteiger partial charge is 0.490 e. The Morgan fingerprint density at radius 1 is 1.10 bits per heavy atom. The molecule has 7 heteroatoms. The second kappa shape index (κ2) is 8.14. The first-order chi connectivity index (χ1) is 14.7. The summed E-state index contributed by atoms with van der Waals surface area (Å²) in [5.74, 6) is 2.72. The van der Waals surface area contributed by atoms with Crippen LogP contribution < -0.4 is 14.5 Å². The van der Waals surface area contributed by atoms with Crippen molar-refractivity contribution in [2.45, 2.75) is 31.4 Å². The number of fused-ring (bicyclic) bond motifs is 1. The van der Waals surface area contributed by atoms with E-state index in [9.17, 15) is 0 Å². The van der Waals surface area contributed by atoms with Crippen LogP contribution in [0.3, 0.4) is 0 Å². The van der Waals surface area contributed by atoms with Gasteiger partial charge in [0.15, 0.2) is 0 Å². The molecule has 1 atom stereocenters. The maximum atomic E-state index is 6.48.